The van der Waals surface area contributed by atoms with Crippen LogP contribution >= 0.6 is 0 Å². The van der Waals surface area contributed by atoms with Crippen molar-refractivity contribution in [3.8, 4) is 0 Å². The van der Waals surface area contributed by atoms with E-state index in [1.165, 1.54) is 171 Å². The third-order valence-electron chi connectivity index (χ3n) is 26.0. The van der Waals surface area contributed by atoms with E-state index in [0.29, 0.717) is 0 Å². The van der Waals surface area contributed by atoms with E-state index in [0.717, 1.165) is 38.5 Å². The molecule has 2 unspecified atom stereocenters. The fraction of sp³-hybridized carbons (Fsp3) is 0.386. The minimum absolute atomic E-state index is 0.0106. The van der Waals surface area contributed by atoms with Crippen LogP contribution in [0, 0.1) is 10.8 Å². The molecule has 470 valence electrons. The van der Waals surface area contributed by atoms with Gasteiger partial charge >= 0.3 is 0 Å². The second kappa shape index (κ2) is 19.9. The first kappa shape index (κ1) is 59.4. The summed E-state index contributed by atoms with van der Waals surface area (Å²) in [6.07, 6.45) is 13.7. The van der Waals surface area contributed by atoms with Gasteiger partial charge < -0.3 is 14.7 Å². The summed E-state index contributed by atoms with van der Waals surface area (Å²) in [5, 5.41) is 5.72. The van der Waals surface area contributed by atoms with Gasteiger partial charge in [-0.25, -0.2) is 0 Å². The molecule has 0 amide bonds. The number of hydrogen-bond donors (Lipinski definition) is 0. The summed E-state index contributed by atoms with van der Waals surface area (Å²) in [5.74, 6) is 0. The van der Waals surface area contributed by atoms with E-state index >= 15 is 0 Å². The molecule has 9 aromatic rings. The van der Waals surface area contributed by atoms with Gasteiger partial charge in [0.15, 0.2) is 8.07 Å². The molecule has 8 aliphatic rings. The van der Waals surface area contributed by atoms with Gasteiger partial charge in [0.05, 0.1) is 5.54 Å². The Morgan fingerprint density at radius 3 is 1.37 bits per heavy atom. The zero-order chi connectivity index (χ0) is 64.4. The maximum absolute atomic E-state index is 2.93. The zero-order valence-electron chi connectivity index (χ0n) is 58.2. The van der Waals surface area contributed by atoms with Crippen molar-refractivity contribution < 1.29 is 0 Å². The van der Waals surface area contributed by atoms with Crippen LogP contribution < -0.4 is 51.8 Å². The van der Waals surface area contributed by atoms with Crippen LogP contribution in [0.5, 0.6) is 0 Å². The highest BCUT2D eigenvalue weighted by Crippen LogP contribution is 2.63. The lowest BCUT2D eigenvalue weighted by molar-refractivity contribution is 0.195. The van der Waals surface area contributed by atoms with Gasteiger partial charge in [0, 0.05) is 50.9 Å². The average Bonchev–Trinajstić information content (AvgIpc) is 1.68. The van der Waals surface area contributed by atoms with Gasteiger partial charge in [-0.15, -0.1) is 0 Å². The summed E-state index contributed by atoms with van der Waals surface area (Å²) in [7, 11) is -2.88. The van der Waals surface area contributed by atoms with Crippen LogP contribution in [-0.2, 0) is 52.8 Å². The van der Waals surface area contributed by atoms with E-state index < -0.39 is 8.07 Å². The third kappa shape index (κ3) is 8.58. The monoisotopic (exact) mass is 1230 g/mol. The zero-order valence-corrected chi connectivity index (χ0v) is 59.2. The van der Waals surface area contributed by atoms with Crippen LogP contribution in [0.2, 0.25) is 0 Å². The summed E-state index contributed by atoms with van der Waals surface area (Å²) in [4.78, 5) is 8.57. The van der Waals surface area contributed by atoms with Gasteiger partial charge in [0.25, 0.3) is 6.71 Å². The third-order valence-corrected chi connectivity index (χ3v) is 30.8. The standard InChI is InChI=1S/C88H96BN3Si/c1-81(2)53-57-32-33-61(44-58(57)54-81)90-76-46-60-56-82(3,4)55-59(60)45-73(76)89-74-51-70-71(86(11,12)43-42-85(70,9)10)52-77(74)91(62-34-36-68-69(47-62)84(7,8)41-40-83(68,5)6)79-49-63(48-78(90)80(79)89)92-75-37-35-67(50-72(75)87(13)38-24-25-39-88(87,92)14)93(64-26-18-15-19-27-64,65-28-20-16-21-29-65)66-30-22-17-23-31-66/h15-23,26-37,44-52H,24-25,38-43,53-56H2,1-14H3. The first-order chi connectivity index (χ1) is 44.2. The lowest BCUT2D eigenvalue weighted by atomic mass is 9.33. The lowest BCUT2D eigenvalue weighted by Crippen LogP contribution is -2.74. The maximum Gasteiger partial charge on any atom is 0.252 e. The number of hydrogen-bond acceptors (Lipinski definition) is 3. The largest absolute Gasteiger partial charge is 0.334 e. The highest BCUT2D eigenvalue weighted by atomic mass is 28.3. The first-order valence-electron chi connectivity index (χ1n) is 35.7. The Kier molecular flexibility index (Phi) is 12.7. The maximum atomic E-state index is 2.93. The van der Waals surface area contributed by atoms with Crippen molar-refractivity contribution in [2.75, 3.05) is 14.7 Å². The molecule has 0 bridgehead atoms. The smallest absolute Gasteiger partial charge is 0.252 e. The van der Waals surface area contributed by atoms with Crippen LogP contribution in [0.25, 0.3) is 0 Å². The molecular formula is C88H96BN3Si. The predicted octanol–water partition coefficient (Wildman–Crippen LogP) is 17.8. The Morgan fingerprint density at radius 2 is 0.785 bits per heavy atom. The second-order valence-corrected chi connectivity index (χ2v) is 38.9. The summed E-state index contributed by atoms with van der Waals surface area (Å²) in [6, 6.07) is 74.6. The molecule has 0 N–H and O–H groups in total. The summed E-state index contributed by atoms with van der Waals surface area (Å²) < 4.78 is 0. The number of fused-ring (bicyclic) bond motifs is 11. The topological polar surface area (TPSA) is 9.72 Å². The van der Waals surface area contributed by atoms with Crippen molar-refractivity contribution in [2.24, 2.45) is 10.8 Å². The summed E-state index contributed by atoms with van der Waals surface area (Å²) >= 11 is 0. The Bertz CT molecular complexity index is 4490. The van der Waals surface area contributed by atoms with Gasteiger partial charge in [0.2, 0.25) is 0 Å². The molecule has 3 nitrogen and oxygen atoms in total. The molecule has 2 atom stereocenters. The van der Waals surface area contributed by atoms with Crippen molar-refractivity contribution in [3.63, 3.8) is 0 Å². The van der Waals surface area contributed by atoms with Gasteiger partial charge in [-0.05, 0) is 245 Å². The Balaban J connectivity index is 0.988. The highest BCUT2D eigenvalue weighted by Gasteiger charge is 2.59. The quantitative estimate of drug-likeness (QED) is 0.116. The van der Waals surface area contributed by atoms with Gasteiger partial charge in [-0.1, -0.05) is 230 Å². The Labute approximate surface area is 558 Å². The van der Waals surface area contributed by atoms with Crippen molar-refractivity contribution >= 4 is 97.4 Å². The average molecular weight is 1230 g/mol. The van der Waals surface area contributed by atoms with Crippen LogP contribution in [-0.4, -0.2) is 20.3 Å². The van der Waals surface area contributed by atoms with Crippen molar-refractivity contribution in [1.82, 2.24) is 0 Å². The van der Waals surface area contributed by atoms with E-state index in [-0.39, 0.29) is 50.2 Å². The van der Waals surface area contributed by atoms with E-state index in [9.17, 15) is 0 Å². The minimum atomic E-state index is -2.88. The number of anilines is 8. The molecule has 0 aromatic heterocycles. The van der Waals surface area contributed by atoms with E-state index in [2.05, 4.69) is 294 Å². The molecule has 17 rings (SSSR count). The van der Waals surface area contributed by atoms with Crippen LogP contribution in [0.15, 0.2) is 182 Å². The van der Waals surface area contributed by atoms with Crippen LogP contribution in [0.1, 0.15) is 198 Å². The molecule has 0 spiro atoms. The molecule has 5 aliphatic carbocycles. The van der Waals surface area contributed by atoms with E-state index in [1.54, 1.807) is 0 Å². The van der Waals surface area contributed by atoms with Crippen molar-refractivity contribution in [1.29, 1.82) is 0 Å². The molecular weight excluding hydrogens is 1140 g/mol. The number of nitrogens with zero attached hydrogens (tertiary/aromatic N) is 3. The molecule has 9 aromatic carbocycles. The molecule has 3 heterocycles. The first-order valence-corrected chi connectivity index (χ1v) is 37.7. The highest BCUT2D eigenvalue weighted by molar-refractivity contribution is 7.20. The second-order valence-electron chi connectivity index (χ2n) is 35.1. The van der Waals surface area contributed by atoms with Gasteiger partial charge in [0.1, 0.15) is 0 Å². The predicted molar refractivity (Wildman–Crippen MR) is 400 cm³/mol. The van der Waals surface area contributed by atoms with Crippen molar-refractivity contribution in [3.05, 3.63) is 232 Å². The van der Waals surface area contributed by atoms with Crippen molar-refractivity contribution in [2.45, 2.75) is 207 Å². The Morgan fingerprint density at radius 1 is 0.323 bits per heavy atom. The van der Waals surface area contributed by atoms with E-state index in [1.807, 2.05) is 0 Å². The molecule has 93 heavy (non-hydrogen) atoms. The number of rotatable bonds is 7. The van der Waals surface area contributed by atoms with Crippen LogP contribution in [0.3, 0.4) is 0 Å². The molecule has 0 saturated heterocycles. The molecule has 0 radical (unpaired) electrons. The minimum Gasteiger partial charge on any atom is -0.334 e. The summed E-state index contributed by atoms with van der Waals surface area (Å²) in [6.45, 7) is 35.5. The lowest BCUT2D eigenvalue weighted by Gasteiger charge is -2.51. The number of benzene rings is 9. The fourth-order valence-electron chi connectivity index (χ4n) is 20.6. The van der Waals surface area contributed by atoms with Gasteiger partial charge in [-0.3, -0.25) is 0 Å². The molecule has 1 fully saturated rings. The molecule has 3 aliphatic heterocycles. The molecule has 1 saturated carbocycles. The summed E-state index contributed by atoms with van der Waals surface area (Å²) in [5.41, 5.74) is 28.8. The van der Waals surface area contributed by atoms with Gasteiger partial charge in [-0.2, -0.15) is 0 Å². The normalized spacial score (nSPS) is 23.2. The van der Waals surface area contributed by atoms with Crippen LogP contribution in [0.4, 0.5) is 45.5 Å². The fourth-order valence-corrected chi connectivity index (χ4v) is 25.4. The SMILES string of the molecule is CC1(C)Cc2ccc(N3c4cc5c(cc4B4c6cc7c(cc6N(c6ccc8c(c6)C(C)(C)CCC8(C)C)c6cc(N8c9ccc([Si](c%10ccccc%10)(c%10ccccc%10)c%10ccccc%10)cc9C9(C)CCCCC89C)cc3c64)C(C)(C)CCC7(C)C)CC(C)(C)C5)cc2C1. The Hall–Kier alpha value is -7.34. The molecule has 5 heteroatoms. The van der Waals surface area contributed by atoms with E-state index in [4.69, 9.17) is 0 Å².